The summed E-state index contributed by atoms with van der Waals surface area (Å²) in [5, 5.41) is 0. The number of nitrogens with one attached hydrogen (secondary N) is 4. The van der Waals surface area contributed by atoms with Crippen LogP contribution in [0.5, 0.6) is 23.0 Å². The maximum absolute atomic E-state index is 13.3. The van der Waals surface area contributed by atoms with Crippen LogP contribution in [0.15, 0.2) is 60.7 Å². The number of hydrazine groups is 2. The van der Waals surface area contributed by atoms with Crippen LogP contribution >= 0.6 is 0 Å². The lowest BCUT2D eigenvalue weighted by atomic mass is 10.1. The van der Waals surface area contributed by atoms with Crippen LogP contribution < -0.4 is 40.7 Å². The van der Waals surface area contributed by atoms with Gasteiger partial charge in [0.1, 0.15) is 0 Å². The molecule has 3 aromatic rings. The predicted octanol–water partition coefficient (Wildman–Crippen LogP) is 15.9. The van der Waals surface area contributed by atoms with Gasteiger partial charge in [0, 0.05) is 22.3 Å². The fourth-order valence-corrected chi connectivity index (χ4v) is 8.72. The molecule has 0 heterocycles. The van der Waals surface area contributed by atoms with Gasteiger partial charge in [-0.25, -0.2) is 0 Å². The lowest BCUT2D eigenvalue weighted by molar-refractivity contribution is 0.0844. The molecule has 0 fully saturated rings. The maximum Gasteiger partial charge on any atom is 0.269 e. The van der Waals surface area contributed by atoms with E-state index in [4.69, 9.17) is 18.9 Å². The Morgan fingerprint density at radius 1 is 0.270 bits per heavy atom. The fraction of sp³-hybridized carbons (Fsp3) is 0.645. The van der Waals surface area contributed by atoms with Crippen molar-refractivity contribution in [1.29, 1.82) is 0 Å². The van der Waals surface area contributed by atoms with Crippen LogP contribution in [0.4, 0.5) is 0 Å². The summed E-state index contributed by atoms with van der Waals surface area (Å²) in [6.07, 6.45) is 38.3. The molecule has 0 aliphatic carbocycles. The molecule has 0 radical (unpaired) electrons. The average molecular weight is 1030 g/mol. The summed E-state index contributed by atoms with van der Waals surface area (Å²) in [6.45, 7) is 11.1. The van der Waals surface area contributed by atoms with Crippen LogP contribution in [0.2, 0.25) is 0 Å². The molecule has 3 rings (SSSR count). The van der Waals surface area contributed by atoms with Crippen molar-refractivity contribution in [3.05, 3.63) is 82.9 Å². The summed E-state index contributed by atoms with van der Waals surface area (Å²) in [5.41, 5.74) is 11.0. The summed E-state index contributed by atoms with van der Waals surface area (Å²) < 4.78 is 24.7. The van der Waals surface area contributed by atoms with Gasteiger partial charge in [-0.05, 0) is 86.3 Å². The van der Waals surface area contributed by atoms with Gasteiger partial charge in [0.15, 0.2) is 23.0 Å². The number of benzene rings is 3. The normalized spacial score (nSPS) is 11.0. The van der Waals surface area contributed by atoms with Crippen LogP contribution in [0.25, 0.3) is 0 Å². The largest absolute Gasteiger partial charge is 0.490 e. The third kappa shape index (κ3) is 28.4. The molecule has 12 nitrogen and oxygen atoms in total. The van der Waals surface area contributed by atoms with Crippen LogP contribution in [-0.4, -0.2) is 50.1 Å². The average Bonchev–Trinajstić information content (AvgIpc) is 3.42. The zero-order valence-corrected chi connectivity index (χ0v) is 46.5. The third-order valence-electron chi connectivity index (χ3n) is 13.4. The first-order chi connectivity index (χ1) is 36.3. The van der Waals surface area contributed by atoms with Gasteiger partial charge in [0.2, 0.25) is 0 Å². The summed E-state index contributed by atoms with van der Waals surface area (Å²) in [6, 6.07) is 16.0. The van der Waals surface area contributed by atoms with E-state index in [1.54, 1.807) is 36.4 Å². The van der Waals surface area contributed by atoms with E-state index >= 15 is 0 Å². The van der Waals surface area contributed by atoms with E-state index in [0.717, 1.165) is 51.4 Å². The van der Waals surface area contributed by atoms with Crippen molar-refractivity contribution >= 4 is 23.6 Å². The Balaban J connectivity index is 1.52. The number of rotatable bonds is 44. The molecule has 0 saturated carbocycles. The molecular weight excluding hydrogens is 929 g/mol. The van der Waals surface area contributed by atoms with E-state index in [9.17, 15) is 19.2 Å². The topological polar surface area (TPSA) is 153 Å². The standard InChI is InChI=1S/C62H98N4O8/c1-5-9-13-17-21-25-29-33-45-71-55-43-41-53(49-57(55)73-47-35-31-27-23-19-15-11-7-3)61(69)65-63-59(67)51-37-39-52(40-38-51)60(68)64-66-62(70)54-42-44-56(72-46-34-30-26-22-18-14-10-6-2)58(50-54)74-48-36-32-28-24-20-16-12-8-4/h37-44,49-50H,5-36,45-48H2,1-4H3,(H,63,67)(H,64,68)(H,65,69)(H,66,70). The fourth-order valence-electron chi connectivity index (χ4n) is 8.72. The molecular formula is C62H98N4O8. The van der Waals surface area contributed by atoms with Gasteiger partial charge < -0.3 is 18.9 Å². The Hall–Kier alpha value is -5.26. The molecule has 414 valence electrons. The lowest BCUT2D eigenvalue weighted by Crippen LogP contribution is -2.42. The molecule has 12 heteroatoms. The number of carbonyl (C=O) groups excluding carboxylic acids is 4. The van der Waals surface area contributed by atoms with Crippen LogP contribution in [0.3, 0.4) is 0 Å². The van der Waals surface area contributed by atoms with E-state index in [2.05, 4.69) is 49.4 Å². The van der Waals surface area contributed by atoms with Gasteiger partial charge in [-0.15, -0.1) is 0 Å². The minimum Gasteiger partial charge on any atom is -0.490 e. The highest BCUT2D eigenvalue weighted by atomic mass is 16.5. The molecule has 0 bridgehead atoms. The van der Waals surface area contributed by atoms with Gasteiger partial charge in [-0.1, -0.05) is 207 Å². The van der Waals surface area contributed by atoms with Crippen molar-refractivity contribution in [2.24, 2.45) is 0 Å². The molecule has 0 spiro atoms. The molecule has 0 aliphatic rings. The van der Waals surface area contributed by atoms with Crippen LogP contribution in [0.1, 0.15) is 275 Å². The minimum atomic E-state index is -0.569. The van der Waals surface area contributed by atoms with Crippen molar-refractivity contribution in [3.63, 3.8) is 0 Å². The van der Waals surface area contributed by atoms with E-state index in [0.29, 0.717) is 60.6 Å². The molecule has 0 saturated heterocycles. The highest BCUT2D eigenvalue weighted by Gasteiger charge is 2.17. The lowest BCUT2D eigenvalue weighted by Gasteiger charge is -2.15. The second-order valence-corrected chi connectivity index (χ2v) is 20.0. The molecule has 4 amide bonds. The van der Waals surface area contributed by atoms with Gasteiger partial charge in [0.05, 0.1) is 26.4 Å². The van der Waals surface area contributed by atoms with Crippen LogP contribution in [-0.2, 0) is 0 Å². The summed E-state index contributed by atoms with van der Waals surface area (Å²) in [7, 11) is 0. The molecule has 0 aliphatic heterocycles. The SMILES string of the molecule is CCCCCCCCCCOc1ccc(C(=O)NNC(=O)c2ccc(C(=O)NNC(=O)c3ccc(OCCCCCCCCCC)c(OCCCCCCCCCC)c3)cc2)cc1OCCCCCCCCCC. The predicted molar refractivity (Wildman–Crippen MR) is 302 cm³/mol. The minimum absolute atomic E-state index is 0.217. The van der Waals surface area contributed by atoms with E-state index in [-0.39, 0.29) is 11.1 Å². The first-order valence-corrected chi connectivity index (χ1v) is 29.4. The number of carbonyl (C=O) groups is 4. The molecule has 0 atom stereocenters. The van der Waals surface area contributed by atoms with Gasteiger partial charge in [-0.3, -0.25) is 40.9 Å². The summed E-state index contributed by atoms with van der Waals surface area (Å²) >= 11 is 0. The van der Waals surface area contributed by atoms with Crippen molar-refractivity contribution in [3.8, 4) is 23.0 Å². The Morgan fingerprint density at radius 3 is 0.730 bits per heavy atom. The van der Waals surface area contributed by atoms with E-state index < -0.39 is 23.6 Å². The molecule has 4 N–H and O–H groups in total. The molecule has 3 aromatic carbocycles. The monoisotopic (exact) mass is 1030 g/mol. The van der Waals surface area contributed by atoms with Crippen molar-refractivity contribution in [2.45, 2.75) is 233 Å². The number of hydrogen-bond donors (Lipinski definition) is 4. The van der Waals surface area contributed by atoms with E-state index in [1.807, 2.05) is 0 Å². The van der Waals surface area contributed by atoms with E-state index in [1.165, 1.54) is 178 Å². The van der Waals surface area contributed by atoms with Crippen molar-refractivity contribution < 1.29 is 38.1 Å². The summed E-state index contributed by atoms with van der Waals surface area (Å²) in [4.78, 5) is 52.8. The van der Waals surface area contributed by atoms with Crippen LogP contribution in [0, 0.1) is 0 Å². The summed E-state index contributed by atoms with van der Waals surface area (Å²) in [5.74, 6) is 0.0481. The molecule has 0 aromatic heterocycles. The van der Waals surface area contributed by atoms with Crippen molar-refractivity contribution in [1.82, 2.24) is 21.7 Å². The Bertz CT molecular complexity index is 1820. The van der Waals surface area contributed by atoms with Gasteiger partial charge >= 0.3 is 0 Å². The Labute approximate surface area is 447 Å². The first-order valence-electron chi connectivity index (χ1n) is 29.4. The third-order valence-corrected chi connectivity index (χ3v) is 13.4. The highest BCUT2D eigenvalue weighted by molar-refractivity contribution is 6.01. The zero-order valence-electron chi connectivity index (χ0n) is 46.5. The second kappa shape index (κ2) is 42.0. The molecule has 74 heavy (non-hydrogen) atoms. The molecule has 0 unspecified atom stereocenters. The highest BCUT2D eigenvalue weighted by Crippen LogP contribution is 2.31. The van der Waals surface area contributed by atoms with Gasteiger partial charge in [0.25, 0.3) is 23.6 Å². The smallest absolute Gasteiger partial charge is 0.269 e. The number of amides is 4. The van der Waals surface area contributed by atoms with Crippen molar-refractivity contribution in [2.75, 3.05) is 26.4 Å². The number of unbranched alkanes of at least 4 members (excludes halogenated alkanes) is 28. The Kier molecular flexibility index (Phi) is 35.8. The Morgan fingerprint density at radius 2 is 0.473 bits per heavy atom. The maximum atomic E-state index is 13.3. The first kappa shape index (κ1) is 63.0. The number of hydrogen-bond acceptors (Lipinski definition) is 8. The quantitative estimate of drug-likeness (QED) is 0.0323. The number of ether oxygens (including phenoxy) is 4. The zero-order chi connectivity index (χ0) is 53.1. The van der Waals surface area contributed by atoms with Gasteiger partial charge in [-0.2, -0.15) is 0 Å². The second-order valence-electron chi connectivity index (χ2n) is 20.0.